The summed E-state index contributed by atoms with van der Waals surface area (Å²) in [4.78, 5) is 25.9. The first-order valence-electron chi connectivity index (χ1n) is 9.31. The van der Waals surface area contributed by atoms with Crippen molar-refractivity contribution in [1.82, 2.24) is 4.90 Å². The van der Waals surface area contributed by atoms with Crippen molar-refractivity contribution in [2.75, 3.05) is 18.4 Å². The molecule has 1 saturated heterocycles. The molecule has 2 rings (SSSR count). The third-order valence-corrected chi connectivity index (χ3v) is 6.01. The van der Waals surface area contributed by atoms with Crippen LogP contribution in [-0.4, -0.2) is 48.5 Å². The molecular formula is C18H26BCl2N3O3. The Kier molecular flexibility index (Phi) is 7.83. The first-order chi connectivity index (χ1) is 12.8. The molecule has 27 heavy (non-hydrogen) atoms. The van der Waals surface area contributed by atoms with Crippen LogP contribution in [0.5, 0.6) is 0 Å². The Bertz CT molecular complexity index is 684. The maximum Gasteiger partial charge on any atom is 0.323 e. The number of anilines is 1. The largest absolute Gasteiger partial charge is 0.480 e. The van der Waals surface area contributed by atoms with E-state index in [2.05, 4.69) is 13.2 Å². The van der Waals surface area contributed by atoms with Gasteiger partial charge < -0.3 is 21.1 Å². The Labute approximate surface area is 170 Å². The fraction of sp³-hybridized carbons (Fsp3) is 0.556. The second-order valence-corrected chi connectivity index (χ2v) is 7.94. The lowest BCUT2D eigenvalue weighted by atomic mass is 9.75. The molecule has 6 nitrogen and oxygen atoms in total. The van der Waals surface area contributed by atoms with Gasteiger partial charge in [-0.25, -0.2) is 4.79 Å². The summed E-state index contributed by atoms with van der Waals surface area (Å²) in [5.41, 5.74) is 5.63. The highest BCUT2D eigenvalue weighted by atomic mass is 35.5. The minimum atomic E-state index is -1.22. The predicted octanol–water partition coefficient (Wildman–Crippen LogP) is 3.24. The van der Waals surface area contributed by atoms with Gasteiger partial charge in [0.05, 0.1) is 10.0 Å². The Balaban J connectivity index is 1.93. The van der Waals surface area contributed by atoms with Crippen molar-refractivity contribution in [2.45, 2.75) is 44.0 Å². The SMILES string of the molecule is BCCCCC(N)(C(=O)O)C1CCN(C(=O)Nc2ccc(Cl)c(Cl)c2)CC1. The molecular weight excluding hydrogens is 388 g/mol. The zero-order valence-corrected chi connectivity index (χ0v) is 17.0. The minimum Gasteiger partial charge on any atom is -0.480 e. The van der Waals surface area contributed by atoms with Crippen LogP contribution in [0.2, 0.25) is 16.4 Å². The van der Waals surface area contributed by atoms with Crippen LogP contribution in [0.15, 0.2) is 18.2 Å². The summed E-state index contributed by atoms with van der Waals surface area (Å²) in [5, 5.41) is 13.2. The highest BCUT2D eigenvalue weighted by molar-refractivity contribution is 6.42. The molecule has 0 spiro atoms. The number of urea groups is 1. The summed E-state index contributed by atoms with van der Waals surface area (Å²) in [6.45, 7) is 0.940. The molecule has 1 atom stereocenters. The normalized spacial score (nSPS) is 17.4. The summed E-state index contributed by atoms with van der Waals surface area (Å²) in [7, 11) is 2.07. The number of carboxylic acids is 1. The molecule has 0 bridgehead atoms. The van der Waals surface area contributed by atoms with Gasteiger partial charge in [-0.15, -0.1) is 0 Å². The van der Waals surface area contributed by atoms with E-state index in [0.29, 0.717) is 48.1 Å². The van der Waals surface area contributed by atoms with Crippen molar-refractivity contribution in [1.29, 1.82) is 0 Å². The van der Waals surface area contributed by atoms with E-state index in [4.69, 9.17) is 28.9 Å². The number of aliphatic carboxylic acids is 1. The molecule has 1 fully saturated rings. The van der Waals surface area contributed by atoms with Crippen molar-refractivity contribution < 1.29 is 14.7 Å². The molecule has 1 heterocycles. The van der Waals surface area contributed by atoms with Gasteiger partial charge in [0.2, 0.25) is 0 Å². The molecule has 1 aliphatic rings. The number of piperidine rings is 1. The van der Waals surface area contributed by atoms with Gasteiger partial charge in [-0.3, -0.25) is 4.79 Å². The number of carboxylic acid groups (broad SMARTS) is 1. The van der Waals surface area contributed by atoms with Crippen molar-refractivity contribution in [3.05, 3.63) is 28.2 Å². The quantitative estimate of drug-likeness (QED) is 0.472. The van der Waals surface area contributed by atoms with Crippen molar-refractivity contribution in [2.24, 2.45) is 11.7 Å². The number of carbonyl (C=O) groups excluding carboxylic acids is 1. The lowest BCUT2D eigenvalue weighted by molar-refractivity contribution is -0.146. The predicted molar refractivity (Wildman–Crippen MR) is 112 cm³/mol. The molecule has 0 aromatic heterocycles. The third kappa shape index (κ3) is 5.53. The second-order valence-electron chi connectivity index (χ2n) is 7.12. The van der Waals surface area contributed by atoms with Gasteiger partial charge in [0.25, 0.3) is 0 Å². The number of halogens is 2. The summed E-state index contributed by atoms with van der Waals surface area (Å²) in [5.74, 6) is -1.09. The van der Waals surface area contributed by atoms with E-state index < -0.39 is 11.5 Å². The average molecular weight is 414 g/mol. The van der Waals surface area contributed by atoms with Gasteiger partial charge >= 0.3 is 12.0 Å². The van der Waals surface area contributed by atoms with Gasteiger partial charge in [0.1, 0.15) is 13.4 Å². The lowest BCUT2D eigenvalue weighted by Gasteiger charge is -2.40. The van der Waals surface area contributed by atoms with Crippen molar-refractivity contribution in [3.63, 3.8) is 0 Å². The third-order valence-electron chi connectivity index (χ3n) is 5.27. The Hall–Kier alpha value is -1.44. The zero-order chi connectivity index (χ0) is 20.0. The number of rotatable bonds is 7. The number of amides is 2. The Morgan fingerprint density at radius 1 is 1.26 bits per heavy atom. The number of unbranched alkanes of at least 4 members (excludes halogenated alkanes) is 1. The maximum absolute atomic E-state index is 12.5. The van der Waals surface area contributed by atoms with Crippen LogP contribution in [0.1, 0.15) is 32.1 Å². The number of nitrogens with one attached hydrogen (secondary N) is 1. The molecule has 1 aromatic rings. The minimum absolute atomic E-state index is 0.138. The van der Waals surface area contributed by atoms with E-state index >= 15 is 0 Å². The van der Waals surface area contributed by atoms with E-state index in [0.717, 1.165) is 19.2 Å². The average Bonchev–Trinajstić information content (AvgIpc) is 2.64. The fourth-order valence-corrected chi connectivity index (χ4v) is 3.83. The van der Waals surface area contributed by atoms with Crippen LogP contribution in [0.25, 0.3) is 0 Å². The molecule has 1 aromatic carbocycles. The molecule has 1 aliphatic heterocycles. The summed E-state index contributed by atoms with van der Waals surface area (Å²) < 4.78 is 0. The highest BCUT2D eigenvalue weighted by Crippen LogP contribution is 2.32. The molecule has 1 unspecified atom stereocenters. The first-order valence-corrected chi connectivity index (χ1v) is 10.1. The number of nitrogens with two attached hydrogens (primary N) is 1. The number of hydrogen-bond acceptors (Lipinski definition) is 3. The van der Waals surface area contributed by atoms with Crippen LogP contribution in [0.3, 0.4) is 0 Å². The van der Waals surface area contributed by atoms with E-state index in [-0.39, 0.29) is 11.9 Å². The molecule has 4 N–H and O–H groups in total. The monoisotopic (exact) mass is 413 g/mol. The van der Waals surface area contributed by atoms with Crippen molar-refractivity contribution in [3.8, 4) is 0 Å². The van der Waals surface area contributed by atoms with E-state index in [1.165, 1.54) is 0 Å². The summed E-state index contributed by atoms with van der Waals surface area (Å²) in [6, 6.07) is 4.66. The van der Waals surface area contributed by atoms with Crippen molar-refractivity contribution >= 4 is 48.7 Å². The van der Waals surface area contributed by atoms with Gasteiger partial charge in [0.15, 0.2) is 0 Å². The van der Waals surface area contributed by atoms with E-state index in [9.17, 15) is 14.7 Å². The molecule has 2 amide bonds. The van der Waals surface area contributed by atoms with Gasteiger partial charge in [-0.05, 0) is 43.4 Å². The molecule has 148 valence electrons. The van der Waals surface area contributed by atoms with Crippen LogP contribution in [0, 0.1) is 5.92 Å². The molecule has 0 radical (unpaired) electrons. The highest BCUT2D eigenvalue weighted by Gasteiger charge is 2.43. The fourth-order valence-electron chi connectivity index (χ4n) is 3.53. The van der Waals surface area contributed by atoms with Gasteiger partial charge in [-0.1, -0.05) is 42.4 Å². The Morgan fingerprint density at radius 2 is 1.93 bits per heavy atom. The second kappa shape index (κ2) is 9.67. The smallest absolute Gasteiger partial charge is 0.323 e. The van der Waals surface area contributed by atoms with Gasteiger partial charge in [0, 0.05) is 18.8 Å². The van der Waals surface area contributed by atoms with Crippen LogP contribution >= 0.6 is 23.2 Å². The number of likely N-dealkylation sites (tertiary alicyclic amines) is 1. The first kappa shape index (κ1) is 21.9. The zero-order valence-electron chi connectivity index (χ0n) is 15.5. The van der Waals surface area contributed by atoms with E-state index in [1.807, 2.05) is 0 Å². The summed E-state index contributed by atoms with van der Waals surface area (Å²) in [6.07, 6.45) is 4.40. The lowest BCUT2D eigenvalue weighted by Crippen LogP contribution is -2.57. The Morgan fingerprint density at radius 3 is 2.48 bits per heavy atom. The number of nitrogens with zero attached hydrogens (tertiary/aromatic N) is 1. The van der Waals surface area contributed by atoms with Crippen LogP contribution in [-0.2, 0) is 4.79 Å². The van der Waals surface area contributed by atoms with Gasteiger partial charge in [-0.2, -0.15) is 0 Å². The molecule has 0 aliphatic carbocycles. The molecule has 0 saturated carbocycles. The van der Waals surface area contributed by atoms with E-state index in [1.54, 1.807) is 23.1 Å². The number of carbonyl (C=O) groups is 2. The van der Waals surface area contributed by atoms with Crippen LogP contribution in [0.4, 0.5) is 10.5 Å². The summed E-state index contributed by atoms with van der Waals surface area (Å²) >= 11 is 11.8. The number of benzene rings is 1. The number of hydrogen-bond donors (Lipinski definition) is 3. The molecule has 9 heteroatoms. The standard InChI is InChI=1S/C18H26BCl2N3O3/c19-8-2-1-7-18(22,16(25)26)12-5-9-24(10-6-12)17(27)23-13-3-4-14(20)15(21)11-13/h3-4,11-12H,1-2,5-10,19,22H2,(H,23,27)(H,25,26). The van der Waals surface area contributed by atoms with Crippen LogP contribution < -0.4 is 11.1 Å². The maximum atomic E-state index is 12.5. The topological polar surface area (TPSA) is 95.7 Å².